The second-order valence-electron chi connectivity index (χ2n) is 5.67. The molecule has 0 spiro atoms. The van der Waals surface area contributed by atoms with Gasteiger partial charge in [-0.25, -0.2) is 0 Å². The van der Waals surface area contributed by atoms with Gasteiger partial charge in [0, 0.05) is 10.9 Å². The number of hydrogen-bond acceptors (Lipinski definition) is 3. The van der Waals surface area contributed by atoms with Crippen LogP contribution in [0.1, 0.15) is 27.2 Å². The molecule has 118 valence electrons. The van der Waals surface area contributed by atoms with Crippen LogP contribution in [0, 0.1) is 20.8 Å². The van der Waals surface area contributed by atoms with E-state index in [0.29, 0.717) is 17.2 Å². The average Bonchev–Trinajstić information content (AvgIpc) is 2.84. The van der Waals surface area contributed by atoms with Crippen LogP contribution < -0.4 is 10.1 Å². The highest BCUT2D eigenvalue weighted by Gasteiger charge is 2.20. The van der Waals surface area contributed by atoms with E-state index in [1.807, 2.05) is 39.0 Å². The Morgan fingerprint density at radius 2 is 1.87 bits per heavy atom. The summed E-state index contributed by atoms with van der Waals surface area (Å²) in [6, 6.07) is 11.3. The maximum atomic E-state index is 12.6. The van der Waals surface area contributed by atoms with Crippen LogP contribution >= 0.6 is 0 Å². The maximum absolute atomic E-state index is 12.6. The second kappa shape index (κ2) is 5.80. The molecule has 1 aromatic heterocycles. The van der Waals surface area contributed by atoms with Crippen LogP contribution in [0.3, 0.4) is 0 Å². The van der Waals surface area contributed by atoms with Gasteiger partial charge in [-0.3, -0.25) is 4.79 Å². The number of carbonyl (C=O) groups is 1. The van der Waals surface area contributed by atoms with Crippen LogP contribution in [0.2, 0.25) is 0 Å². The minimum Gasteiger partial charge on any atom is -0.495 e. The molecule has 4 heteroatoms. The molecule has 0 saturated carbocycles. The SMILES string of the molecule is COc1ccccc1NC(=O)c1oc2cc(C)cc(C)c2c1C. The van der Waals surface area contributed by atoms with E-state index in [0.717, 1.165) is 27.7 Å². The molecule has 23 heavy (non-hydrogen) atoms. The molecule has 0 atom stereocenters. The van der Waals surface area contributed by atoms with Crippen molar-refractivity contribution in [2.75, 3.05) is 12.4 Å². The van der Waals surface area contributed by atoms with Crippen molar-refractivity contribution >= 4 is 22.6 Å². The molecule has 0 aliphatic heterocycles. The summed E-state index contributed by atoms with van der Waals surface area (Å²) >= 11 is 0. The predicted octanol–water partition coefficient (Wildman–Crippen LogP) is 4.62. The van der Waals surface area contributed by atoms with Crippen molar-refractivity contribution in [3.05, 3.63) is 58.8 Å². The maximum Gasteiger partial charge on any atom is 0.291 e. The van der Waals surface area contributed by atoms with E-state index in [1.165, 1.54) is 0 Å². The molecular weight excluding hydrogens is 290 g/mol. The first-order valence-corrected chi connectivity index (χ1v) is 7.46. The van der Waals surface area contributed by atoms with E-state index in [-0.39, 0.29) is 5.91 Å². The lowest BCUT2D eigenvalue weighted by Crippen LogP contribution is -2.12. The summed E-state index contributed by atoms with van der Waals surface area (Å²) < 4.78 is 11.1. The summed E-state index contributed by atoms with van der Waals surface area (Å²) in [5.41, 5.74) is 4.43. The normalized spacial score (nSPS) is 10.8. The van der Waals surface area contributed by atoms with E-state index in [4.69, 9.17) is 9.15 Å². The highest BCUT2D eigenvalue weighted by Crippen LogP contribution is 2.31. The van der Waals surface area contributed by atoms with Crippen molar-refractivity contribution in [1.82, 2.24) is 0 Å². The number of carbonyl (C=O) groups excluding carboxylic acids is 1. The Morgan fingerprint density at radius 1 is 1.13 bits per heavy atom. The summed E-state index contributed by atoms with van der Waals surface area (Å²) in [7, 11) is 1.57. The number of fused-ring (bicyclic) bond motifs is 1. The topological polar surface area (TPSA) is 51.5 Å². The van der Waals surface area contributed by atoms with Gasteiger partial charge in [0.15, 0.2) is 5.76 Å². The summed E-state index contributed by atoms with van der Waals surface area (Å²) in [6.07, 6.45) is 0. The second-order valence-corrected chi connectivity index (χ2v) is 5.67. The number of ether oxygens (including phenoxy) is 1. The molecular formula is C19H19NO3. The zero-order chi connectivity index (χ0) is 16.6. The van der Waals surface area contributed by atoms with Crippen molar-refractivity contribution in [2.45, 2.75) is 20.8 Å². The molecule has 0 saturated heterocycles. The number of aryl methyl sites for hydroxylation is 3. The molecule has 3 aromatic rings. The van der Waals surface area contributed by atoms with Crippen molar-refractivity contribution in [3.8, 4) is 5.75 Å². The summed E-state index contributed by atoms with van der Waals surface area (Å²) in [6.45, 7) is 5.95. The number of para-hydroxylation sites is 2. The zero-order valence-corrected chi connectivity index (χ0v) is 13.7. The molecule has 0 aliphatic rings. The Kier molecular flexibility index (Phi) is 3.82. The fraction of sp³-hybridized carbons (Fsp3) is 0.211. The Bertz CT molecular complexity index is 893. The minimum atomic E-state index is -0.278. The number of nitrogens with one attached hydrogen (secondary N) is 1. The van der Waals surface area contributed by atoms with Gasteiger partial charge in [-0.05, 0) is 50.1 Å². The number of furan rings is 1. The minimum absolute atomic E-state index is 0.278. The quantitative estimate of drug-likeness (QED) is 0.768. The third-order valence-corrected chi connectivity index (χ3v) is 3.93. The molecule has 1 N–H and O–H groups in total. The first kappa shape index (κ1) is 15.2. The van der Waals surface area contributed by atoms with Gasteiger partial charge < -0.3 is 14.5 Å². The Balaban J connectivity index is 2.01. The van der Waals surface area contributed by atoms with Gasteiger partial charge >= 0.3 is 0 Å². The van der Waals surface area contributed by atoms with E-state index < -0.39 is 0 Å². The fourth-order valence-electron chi connectivity index (χ4n) is 2.93. The lowest BCUT2D eigenvalue weighted by Gasteiger charge is -2.08. The van der Waals surface area contributed by atoms with Gasteiger partial charge in [0.1, 0.15) is 11.3 Å². The number of benzene rings is 2. The molecule has 2 aromatic carbocycles. The van der Waals surface area contributed by atoms with E-state index in [1.54, 1.807) is 19.2 Å². The third-order valence-electron chi connectivity index (χ3n) is 3.93. The largest absolute Gasteiger partial charge is 0.495 e. The van der Waals surface area contributed by atoms with Crippen molar-refractivity contribution < 1.29 is 13.9 Å². The Labute approximate surface area is 135 Å². The monoisotopic (exact) mass is 309 g/mol. The standard InChI is InChI=1S/C19H19NO3/c1-11-9-12(2)17-13(3)18(23-16(17)10-11)19(21)20-14-7-5-6-8-15(14)22-4/h5-10H,1-4H3,(H,20,21). The Hall–Kier alpha value is -2.75. The first-order valence-electron chi connectivity index (χ1n) is 7.46. The highest BCUT2D eigenvalue weighted by molar-refractivity contribution is 6.07. The third kappa shape index (κ3) is 2.68. The molecule has 3 rings (SSSR count). The molecule has 0 unspecified atom stereocenters. The number of anilines is 1. The van der Waals surface area contributed by atoms with E-state index >= 15 is 0 Å². The molecule has 0 fully saturated rings. The lowest BCUT2D eigenvalue weighted by molar-refractivity contribution is 0.0997. The number of rotatable bonds is 3. The summed E-state index contributed by atoms with van der Waals surface area (Å²) in [4.78, 5) is 12.6. The number of amides is 1. The zero-order valence-electron chi connectivity index (χ0n) is 13.7. The van der Waals surface area contributed by atoms with Crippen LogP contribution in [0.15, 0.2) is 40.8 Å². The van der Waals surface area contributed by atoms with Gasteiger partial charge in [0.2, 0.25) is 0 Å². The molecule has 1 amide bonds. The smallest absolute Gasteiger partial charge is 0.291 e. The van der Waals surface area contributed by atoms with Gasteiger partial charge in [0.25, 0.3) is 5.91 Å². The van der Waals surface area contributed by atoms with Crippen LogP contribution in [0.25, 0.3) is 11.0 Å². The predicted molar refractivity (Wildman–Crippen MR) is 91.4 cm³/mol. The van der Waals surface area contributed by atoms with Gasteiger partial charge in [-0.1, -0.05) is 18.2 Å². The van der Waals surface area contributed by atoms with E-state index in [2.05, 4.69) is 11.4 Å². The number of hydrogen-bond donors (Lipinski definition) is 1. The van der Waals surface area contributed by atoms with Crippen LogP contribution in [0.5, 0.6) is 5.75 Å². The van der Waals surface area contributed by atoms with Gasteiger partial charge in [-0.2, -0.15) is 0 Å². The number of methoxy groups -OCH3 is 1. The van der Waals surface area contributed by atoms with Gasteiger partial charge in [-0.15, -0.1) is 0 Å². The van der Waals surface area contributed by atoms with E-state index in [9.17, 15) is 4.79 Å². The van der Waals surface area contributed by atoms with Crippen molar-refractivity contribution in [3.63, 3.8) is 0 Å². The summed E-state index contributed by atoms with van der Waals surface area (Å²) in [5.74, 6) is 0.668. The van der Waals surface area contributed by atoms with Crippen LogP contribution in [0.4, 0.5) is 5.69 Å². The van der Waals surface area contributed by atoms with Crippen LogP contribution in [-0.2, 0) is 0 Å². The summed E-state index contributed by atoms with van der Waals surface area (Å²) in [5, 5.41) is 3.86. The van der Waals surface area contributed by atoms with Gasteiger partial charge in [0.05, 0.1) is 12.8 Å². The van der Waals surface area contributed by atoms with Crippen molar-refractivity contribution in [1.29, 1.82) is 0 Å². The Morgan fingerprint density at radius 3 is 2.61 bits per heavy atom. The fourth-order valence-corrected chi connectivity index (χ4v) is 2.93. The first-order chi connectivity index (χ1) is 11.0. The van der Waals surface area contributed by atoms with Crippen molar-refractivity contribution in [2.24, 2.45) is 0 Å². The molecule has 0 bridgehead atoms. The molecule has 0 radical (unpaired) electrons. The lowest BCUT2D eigenvalue weighted by atomic mass is 10.0. The molecule has 4 nitrogen and oxygen atoms in total. The average molecular weight is 309 g/mol. The molecule has 0 aliphatic carbocycles. The molecule has 1 heterocycles. The van der Waals surface area contributed by atoms with Crippen LogP contribution in [-0.4, -0.2) is 13.0 Å². The highest BCUT2D eigenvalue weighted by atomic mass is 16.5.